The highest BCUT2D eigenvalue weighted by atomic mass is 16.5. The maximum absolute atomic E-state index is 5.94. The van der Waals surface area contributed by atoms with Crippen molar-refractivity contribution in [3.05, 3.63) is 24.3 Å². The lowest BCUT2D eigenvalue weighted by molar-refractivity contribution is 0.202. The SMILES string of the molecule is CCCCN1CCC(NC(=NC)NCC(C)Oc2ccc(OC)cc2)CC1. The fourth-order valence-electron chi connectivity index (χ4n) is 3.24. The Bertz CT molecular complexity index is 554. The van der Waals surface area contributed by atoms with E-state index in [0.29, 0.717) is 12.6 Å². The molecule has 1 atom stereocenters. The van der Waals surface area contributed by atoms with Gasteiger partial charge in [-0.25, -0.2) is 0 Å². The zero-order valence-corrected chi connectivity index (χ0v) is 17.3. The molecule has 27 heavy (non-hydrogen) atoms. The summed E-state index contributed by atoms with van der Waals surface area (Å²) in [6.45, 7) is 8.58. The first-order valence-electron chi connectivity index (χ1n) is 10.1. The van der Waals surface area contributed by atoms with Gasteiger partial charge in [0.1, 0.15) is 17.6 Å². The molecular weight excluding hydrogens is 340 g/mol. The van der Waals surface area contributed by atoms with Gasteiger partial charge in [-0.1, -0.05) is 13.3 Å². The van der Waals surface area contributed by atoms with Gasteiger partial charge in [-0.05, 0) is 57.0 Å². The van der Waals surface area contributed by atoms with Gasteiger partial charge in [-0.15, -0.1) is 0 Å². The molecule has 2 N–H and O–H groups in total. The van der Waals surface area contributed by atoms with Crippen LogP contribution in [-0.4, -0.2) is 63.3 Å². The second-order valence-electron chi connectivity index (χ2n) is 7.17. The molecule has 6 nitrogen and oxygen atoms in total. The number of piperidine rings is 1. The van der Waals surface area contributed by atoms with Gasteiger partial charge < -0.3 is 25.0 Å². The largest absolute Gasteiger partial charge is 0.497 e. The number of hydrogen-bond donors (Lipinski definition) is 2. The summed E-state index contributed by atoms with van der Waals surface area (Å²) in [5.41, 5.74) is 0. The van der Waals surface area contributed by atoms with Gasteiger partial charge in [-0.2, -0.15) is 0 Å². The van der Waals surface area contributed by atoms with Crippen molar-refractivity contribution < 1.29 is 9.47 Å². The number of rotatable bonds is 9. The van der Waals surface area contributed by atoms with Gasteiger partial charge in [0.2, 0.25) is 0 Å². The van der Waals surface area contributed by atoms with E-state index in [-0.39, 0.29) is 6.10 Å². The van der Waals surface area contributed by atoms with Gasteiger partial charge in [-0.3, -0.25) is 4.99 Å². The van der Waals surface area contributed by atoms with E-state index in [1.807, 2.05) is 31.3 Å². The average Bonchev–Trinajstić information content (AvgIpc) is 2.71. The van der Waals surface area contributed by atoms with Gasteiger partial charge in [0.15, 0.2) is 5.96 Å². The zero-order valence-electron chi connectivity index (χ0n) is 17.3. The molecule has 0 amide bonds. The Kier molecular flexibility index (Phi) is 9.25. The summed E-state index contributed by atoms with van der Waals surface area (Å²) >= 11 is 0. The minimum Gasteiger partial charge on any atom is -0.497 e. The summed E-state index contributed by atoms with van der Waals surface area (Å²) < 4.78 is 11.1. The van der Waals surface area contributed by atoms with Crippen LogP contribution in [0.5, 0.6) is 11.5 Å². The molecule has 2 rings (SSSR count). The summed E-state index contributed by atoms with van der Waals surface area (Å²) in [4.78, 5) is 6.93. The highest BCUT2D eigenvalue weighted by Gasteiger charge is 2.19. The fraction of sp³-hybridized carbons (Fsp3) is 0.667. The molecule has 0 aliphatic carbocycles. The summed E-state index contributed by atoms with van der Waals surface area (Å²) in [5, 5.41) is 6.94. The standard InChI is InChI=1S/C21H36N4O2/c1-5-6-13-25-14-11-18(12-15-25)24-21(22-3)23-16-17(2)27-20-9-7-19(26-4)8-10-20/h7-10,17-18H,5-6,11-16H2,1-4H3,(H2,22,23,24). The third kappa shape index (κ3) is 7.67. The van der Waals surface area contributed by atoms with E-state index in [9.17, 15) is 0 Å². The van der Waals surface area contributed by atoms with Crippen molar-refractivity contribution in [1.29, 1.82) is 0 Å². The van der Waals surface area contributed by atoms with Gasteiger partial charge >= 0.3 is 0 Å². The molecule has 0 bridgehead atoms. The Morgan fingerprint density at radius 3 is 2.48 bits per heavy atom. The normalized spacial score (nSPS) is 17.4. The van der Waals surface area contributed by atoms with Crippen molar-refractivity contribution in [3.63, 3.8) is 0 Å². The van der Waals surface area contributed by atoms with E-state index < -0.39 is 0 Å². The summed E-state index contributed by atoms with van der Waals surface area (Å²) in [7, 11) is 3.48. The summed E-state index contributed by atoms with van der Waals surface area (Å²) in [6, 6.07) is 8.15. The number of hydrogen-bond acceptors (Lipinski definition) is 4. The quantitative estimate of drug-likeness (QED) is 0.513. The number of unbranched alkanes of at least 4 members (excludes halogenated alkanes) is 1. The Labute approximate surface area is 164 Å². The molecule has 0 spiro atoms. The lowest BCUT2D eigenvalue weighted by atomic mass is 10.0. The first-order chi connectivity index (χ1) is 13.1. The van der Waals surface area contributed by atoms with E-state index in [0.717, 1.165) is 17.5 Å². The molecular formula is C21H36N4O2. The Hall–Kier alpha value is -1.95. The zero-order chi connectivity index (χ0) is 19.5. The van der Waals surface area contributed by atoms with Crippen LogP contribution in [0.3, 0.4) is 0 Å². The Balaban J connectivity index is 1.69. The summed E-state index contributed by atoms with van der Waals surface area (Å²) in [5.74, 6) is 2.53. The number of guanidine groups is 1. The topological polar surface area (TPSA) is 58.1 Å². The van der Waals surface area contributed by atoms with Crippen LogP contribution in [0.1, 0.15) is 39.5 Å². The van der Waals surface area contributed by atoms with Gasteiger partial charge in [0.05, 0.1) is 13.7 Å². The number of aliphatic imine (C=N–C) groups is 1. The predicted octanol–water partition coefficient (Wildman–Crippen LogP) is 2.89. The molecule has 152 valence electrons. The van der Waals surface area contributed by atoms with Gasteiger partial charge in [0.25, 0.3) is 0 Å². The van der Waals surface area contributed by atoms with E-state index in [1.165, 1.54) is 45.3 Å². The van der Waals surface area contributed by atoms with Crippen LogP contribution in [0.4, 0.5) is 0 Å². The van der Waals surface area contributed by atoms with Crippen LogP contribution in [0.15, 0.2) is 29.3 Å². The average molecular weight is 377 g/mol. The Morgan fingerprint density at radius 1 is 1.22 bits per heavy atom. The van der Waals surface area contributed by atoms with Crippen LogP contribution in [-0.2, 0) is 0 Å². The molecule has 1 unspecified atom stereocenters. The lowest BCUT2D eigenvalue weighted by Gasteiger charge is -2.33. The smallest absolute Gasteiger partial charge is 0.191 e. The van der Waals surface area contributed by atoms with Crippen molar-refractivity contribution in [1.82, 2.24) is 15.5 Å². The second-order valence-corrected chi connectivity index (χ2v) is 7.17. The third-order valence-electron chi connectivity index (χ3n) is 4.93. The first kappa shape index (κ1) is 21.4. The molecule has 1 heterocycles. The number of nitrogens with zero attached hydrogens (tertiary/aromatic N) is 2. The molecule has 1 fully saturated rings. The molecule has 0 aromatic heterocycles. The lowest BCUT2D eigenvalue weighted by Crippen LogP contribution is -2.50. The number of likely N-dealkylation sites (tertiary alicyclic amines) is 1. The molecule has 0 saturated carbocycles. The molecule has 1 aliphatic heterocycles. The van der Waals surface area contributed by atoms with E-state index in [1.54, 1.807) is 7.11 Å². The van der Waals surface area contributed by atoms with Crippen LogP contribution in [0, 0.1) is 0 Å². The van der Waals surface area contributed by atoms with E-state index in [4.69, 9.17) is 9.47 Å². The van der Waals surface area contributed by atoms with Crippen molar-refractivity contribution >= 4 is 5.96 Å². The predicted molar refractivity (Wildman–Crippen MR) is 112 cm³/mol. The van der Waals surface area contributed by atoms with Crippen LogP contribution in [0.25, 0.3) is 0 Å². The van der Waals surface area contributed by atoms with Crippen LogP contribution in [0.2, 0.25) is 0 Å². The highest BCUT2D eigenvalue weighted by Crippen LogP contribution is 2.18. The fourth-order valence-corrected chi connectivity index (χ4v) is 3.24. The van der Waals surface area contributed by atoms with E-state index in [2.05, 4.69) is 34.4 Å². The first-order valence-corrected chi connectivity index (χ1v) is 10.1. The molecule has 1 aliphatic rings. The second kappa shape index (κ2) is 11.7. The van der Waals surface area contributed by atoms with Crippen molar-refractivity contribution in [2.45, 2.75) is 51.7 Å². The van der Waals surface area contributed by atoms with Crippen LogP contribution < -0.4 is 20.1 Å². The maximum atomic E-state index is 5.94. The molecule has 1 aromatic rings. The minimum atomic E-state index is 0.0350. The van der Waals surface area contributed by atoms with Crippen LogP contribution >= 0.6 is 0 Å². The number of ether oxygens (including phenoxy) is 2. The summed E-state index contributed by atoms with van der Waals surface area (Å²) in [6.07, 6.45) is 4.94. The number of benzene rings is 1. The minimum absolute atomic E-state index is 0.0350. The third-order valence-corrected chi connectivity index (χ3v) is 4.93. The number of methoxy groups -OCH3 is 1. The van der Waals surface area contributed by atoms with E-state index >= 15 is 0 Å². The molecule has 1 aromatic carbocycles. The number of nitrogens with one attached hydrogen (secondary N) is 2. The molecule has 1 saturated heterocycles. The van der Waals surface area contributed by atoms with Gasteiger partial charge in [0, 0.05) is 26.2 Å². The Morgan fingerprint density at radius 2 is 1.89 bits per heavy atom. The van der Waals surface area contributed by atoms with Crippen molar-refractivity contribution in [2.24, 2.45) is 4.99 Å². The van der Waals surface area contributed by atoms with Crippen molar-refractivity contribution in [3.8, 4) is 11.5 Å². The van der Waals surface area contributed by atoms with Crippen molar-refractivity contribution in [2.75, 3.05) is 40.3 Å². The monoisotopic (exact) mass is 376 g/mol. The highest BCUT2D eigenvalue weighted by molar-refractivity contribution is 5.80. The maximum Gasteiger partial charge on any atom is 0.191 e. The molecule has 6 heteroatoms. The molecule has 0 radical (unpaired) electrons.